The van der Waals surface area contributed by atoms with Crippen molar-refractivity contribution in [2.45, 2.75) is 165 Å². The summed E-state index contributed by atoms with van der Waals surface area (Å²) in [6.45, 7) is 14.2. The largest absolute Gasteiger partial charge is 0.497 e. The van der Waals surface area contributed by atoms with E-state index in [4.69, 9.17) is 33.2 Å². The smallest absolute Gasteiger partial charge is 0.311 e. The molecule has 1 aromatic rings. The van der Waals surface area contributed by atoms with Crippen LogP contribution in [0.2, 0.25) is 0 Å². The van der Waals surface area contributed by atoms with Crippen LogP contribution in [-0.2, 0) is 39.8 Å². The van der Waals surface area contributed by atoms with Gasteiger partial charge in [-0.2, -0.15) is 0 Å². The molecule has 3 heterocycles. The number of hydrogen-bond acceptors (Lipinski definition) is 16. The minimum absolute atomic E-state index is 0.0807. The molecule has 4 rings (SSSR count). The molecule has 0 unspecified atom stereocenters. The van der Waals surface area contributed by atoms with Gasteiger partial charge in [-0.1, -0.05) is 26.0 Å². The number of aliphatic hydroxyl groups is 5. The summed E-state index contributed by atoms with van der Waals surface area (Å²) in [5.74, 6) is -2.27. The quantitative estimate of drug-likeness (QED) is 0.158. The highest BCUT2D eigenvalue weighted by Gasteiger charge is 2.53. The molecule has 3 aliphatic heterocycles. The van der Waals surface area contributed by atoms with Crippen LogP contribution in [0, 0.1) is 17.8 Å². The molecule has 7 N–H and O–H groups in total. The third-order valence-electron chi connectivity index (χ3n) is 12.7. The van der Waals surface area contributed by atoms with Crippen molar-refractivity contribution in [2.75, 3.05) is 48.0 Å². The van der Waals surface area contributed by atoms with Gasteiger partial charge in [0.1, 0.15) is 29.7 Å². The first-order valence-corrected chi connectivity index (χ1v) is 21.1. The summed E-state index contributed by atoms with van der Waals surface area (Å²) in [5, 5.41) is 65.2. The predicted molar refractivity (Wildman–Crippen MR) is 219 cm³/mol. The highest BCUT2D eigenvalue weighted by atomic mass is 16.7. The van der Waals surface area contributed by atoms with Crippen LogP contribution < -0.4 is 15.4 Å². The van der Waals surface area contributed by atoms with Gasteiger partial charge in [0.15, 0.2) is 12.6 Å². The molecule has 340 valence electrons. The summed E-state index contributed by atoms with van der Waals surface area (Å²) in [7, 11) is 6.87. The molecule has 0 saturated carbocycles. The summed E-state index contributed by atoms with van der Waals surface area (Å²) in [6, 6.07) is 7.02. The van der Waals surface area contributed by atoms with Crippen molar-refractivity contribution >= 4 is 5.97 Å². The second-order valence-electron chi connectivity index (χ2n) is 18.2. The van der Waals surface area contributed by atoms with Gasteiger partial charge >= 0.3 is 5.97 Å². The molecule has 59 heavy (non-hydrogen) atoms. The average Bonchev–Trinajstić information content (AvgIpc) is 3.18. The van der Waals surface area contributed by atoms with E-state index in [2.05, 4.69) is 10.6 Å². The number of nitrogens with zero attached hydrogens (tertiary/aromatic N) is 1. The van der Waals surface area contributed by atoms with Crippen LogP contribution in [0.1, 0.15) is 80.2 Å². The van der Waals surface area contributed by atoms with E-state index in [0.29, 0.717) is 19.5 Å². The van der Waals surface area contributed by atoms with Crippen molar-refractivity contribution in [3.8, 4) is 5.75 Å². The first-order chi connectivity index (χ1) is 27.5. The van der Waals surface area contributed by atoms with E-state index in [1.54, 1.807) is 41.7 Å². The lowest BCUT2D eigenvalue weighted by Crippen LogP contribution is -2.64. The summed E-state index contributed by atoms with van der Waals surface area (Å²) in [6.07, 6.45) is -7.63. The van der Waals surface area contributed by atoms with E-state index in [1.165, 1.54) is 14.0 Å². The van der Waals surface area contributed by atoms with Gasteiger partial charge in [0, 0.05) is 51.2 Å². The molecular formula is C43H75N3O13. The van der Waals surface area contributed by atoms with Crippen molar-refractivity contribution in [3.63, 3.8) is 0 Å². The Labute approximate surface area is 351 Å². The number of nitrogens with one attached hydrogen (secondary N) is 2. The molecule has 3 fully saturated rings. The van der Waals surface area contributed by atoms with Gasteiger partial charge in [-0.15, -0.1) is 0 Å². The molecule has 0 aromatic heterocycles. The first-order valence-electron chi connectivity index (χ1n) is 21.1. The number of hydrogen-bond donors (Lipinski definition) is 7. The lowest BCUT2D eigenvalue weighted by atomic mass is 9.78. The van der Waals surface area contributed by atoms with Gasteiger partial charge < -0.3 is 74.2 Å². The van der Waals surface area contributed by atoms with E-state index in [-0.39, 0.29) is 37.6 Å². The standard InChI is InChI=1S/C43H75N3O13/c1-24-20-45-25(2)19-41(7,50)38(59-40-35(47)32(46(9)10)16-26(3)56-40)27(4)36(28(5)39(49)55-23-42(8,51)37(24)48)58-34-18-33(54-12)43(52,29(6)57-34)22-44-21-30-14-13-15-31(17-30)53-11/h13-15,17,24-29,32-38,40,44-45,47-48,50-52H,16,18-23H2,1-12H3/t24-,25-,26-,27-,28-,29+,32+,33-,34+,35-,36-,37+,38-,40+,41-,42-,43+/m1/s1. The minimum atomic E-state index is -1.77. The van der Waals surface area contributed by atoms with Gasteiger partial charge in [0.2, 0.25) is 0 Å². The molecule has 17 atom stereocenters. The van der Waals surface area contributed by atoms with E-state index < -0.39 is 96.3 Å². The van der Waals surface area contributed by atoms with Gasteiger partial charge in [-0.05, 0) is 92.1 Å². The second-order valence-corrected chi connectivity index (χ2v) is 18.2. The number of ether oxygens (including phenoxy) is 7. The lowest BCUT2D eigenvalue weighted by molar-refractivity contribution is -0.319. The summed E-state index contributed by atoms with van der Waals surface area (Å²) >= 11 is 0. The third-order valence-corrected chi connectivity index (χ3v) is 12.7. The summed E-state index contributed by atoms with van der Waals surface area (Å²) in [5.41, 5.74) is -3.88. The molecule has 16 heteroatoms. The van der Waals surface area contributed by atoms with Crippen LogP contribution in [0.5, 0.6) is 5.75 Å². The number of aliphatic hydroxyl groups excluding tert-OH is 2. The van der Waals surface area contributed by atoms with E-state index in [0.717, 1.165) is 11.3 Å². The Morgan fingerprint density at radius 1 is 0.966 bits per heavy atom. The Kier molecular flexibility index (Phi) is 17.6. The second kappa shape index (κ2) is 20.9. The van der Waals surface area contributed by atoms with Gasteiger partial charge in [-0.3, -0.25) is 4.79 Å². The Bertz CT molecular complexity index is 1470. The monoisotopic (exact) mass is 842 g/mol. The van der Waals surface area contributed by atoms with Gasteiger partial charge in [0.25, 0.3) is 0 Å². The third kappa shape index (κ3) is 12.3. The first kappa shape index (κ1) is 49.6. The predicted octanol–water partition coefficient (Wildman–Crippen LogP) is 1.56. The highest BCUT2D eigenvalue weighted by molar-refractivity contribution is 5.72. The summed E-state index contributed by atoms with van der Waals surface area (Å²) in [4.78, 5) is 15.9. The van der Waals surface area contributed by atoms with Crippen LogP contribution in [0.15, 0.2) is 24.3 Å². The van der Waals surface area contributed by atoms with Crippen LogP contribution >= 0.6 is 0 Å². The van der Waals surface area contributed by atoms with E-state index in [9.17, 15) is 30.3 Å². The van der Waals surface area contributed by atoms with Gasteiger partial charge in [0.05, 0.1) is 55.3 Å². The zero-order valence-corrected chi connectivity index (χ0v) is 37.3. The number of cyclic esters (lactones) is 1. The van der Waals surface area contributed by atoms with Crippen molar-refractivity contribution in [2.24, 2.45) is 17.8 Å². The maximum Gasteiger partial charge on any atom is 0.311 e. The Morgan fingerprint density at radius 3 is 2.31 bits per heavy atom. The van der Waals surface area contributed by atoms with E-state index >= 15 is 0 Å². The molecule has 0 spiro atoms. The molecular weight excluding hydrogens is 766 g/mol. The zero-order valence-electron chi connectivity index (χ0n) is 37.3. The number of methoxy groups -OCH3 is 2. The van der Waals surface area contributed by atoms with Crippen LogP contribution in [0.25, 0.3) is 0 Å². The summed E-state index contributed by atoms with van der Waals surface area (Å²) < 4.78 is 43.0. The van der Waals surface area contributed by atoms with Gasteiger partial charge in [-0.25, -0.2) is 0 Å². The van der Waals surface area contributed by atoms with E-state index in [1.807, 2.05) is 57.1 Å². The maximum atomic E-state index is 14.0. The van der Waals surface area contributed by atoms with Crippen molar-refractivity contribution in [3.05, 3.63) is 29.8 Å². The highest BCUT2D eigenvalue weighted by Crippen LogP contribution is 2.39. The molecule has 0 aliphatic carbocycles. The molecule has 3 saturated heterocycles. The van der Waals surface area contributed by atoms with Crippen LogP contribution in [0.3, 0.4) is 0 Å². The topological polar surface area (TPSA) is 210 Å². The Hall–Kier alpha value is -2.03. The van der Waals surface area contributed by atoms with Crippen molar-refractivity contribution in [1.82, 2.24) is 15.5 Å². The van der Waals surface area contributed by atoms with Crippen LogP contribution in [-0.4, -0.2) is 169 Å². The lowest BCUT2D eigenvalue weighted by Gasteiger charge is -2.49. The Morgan fingerprint density at radius 2 is 1.66 bits per heavy atom. The molecule has 1 aromatic carbocycles. The molecule has 0 bridgehead atoms. The SMILES string of the molecule is COc1cccc(CNC[C@]2(O)[C@H](C)O[C@@H](O[C@@H]3[C@@H](C)[C@@H](O[C@@H]4O[C@H](C)C[C@H](N(C)C)[C@H]4O)[C@](C)(O)C[C@@H](C)NC[C@@H](C)[C@H](O)[C@](C)(O)COC(=O)[C@@H]3C)C[C@H]2OC)c1. The zero-order chi connectivity index (χ0) is 44.0. The van der Waals surface area contributed by atoms with Crippen molar-refractivity contribution < 1.29 is 63.5 Å². The minimum Gasteiger partial charge on any atom is -0.497 e. The van der Waals surface area contributed by atoms with Crippen LogP contribution in [0.4, 0.5) is 0 Å². The fourth-order valence-electron chi connectivity index (χ4n) is 9.05. The number of carbonyl (C=O) groups excluding carboxylic acids is 1. The molecule has 16 nitrogen and oxygen atoms in total. The normalized spacial score (nSPS) is 43.4. The molecule has 0 radical (unpaired) electrons. The fraction of sp³-hybridized carbons (Fsp3) is 0.837. The van der Waals surface area contributed by atoms with Crippen molar-refractivity contribution in [1.29, 1.82) is 0 Å². The maximum absolute atomic E-state index is 14.0. The number of benzene rings is 1. The number of rotatable bonds is 11. The number of likely N-dealkylation sites (N-methyl/N-ethyl adjacent to an activating group) is 1. The Balaban J connectivity index is 1.68. The average molecular weight is 842 g/mol. The fourth-order valence-corrected chi connectivity index (χ4v) is 9.05. The molecule has 3 aliphatic rings. The number of esters is 1. The molecule has 0 amide bonds. The number of carbonyl (C=O) groups is 1.